The van der Waals surface area contributed by atoms with E-state index in [1.165, 1.54) is 88.9 Å². The smallest absolute Gasteiger partial charge is 0.333 e. The third-order valence-electron chi connectivity index (χ3n) is 19.5. The molecule has 0 unspecified atom stereocenters. The zero-order chi connectivity index (χ0) is 56.0. The minimum absolute atomic E-state index is 0.0296. The molecule has 2 aliphatic heterocycles. The third kappa shape index (κ3) is 7.22. The summed E-state index contributed by atoms with van der Waals surface area (Å²) in [5.74, 6) is 0.872. The molecule has 0 fully saturated rings. The van der Waals surface area contributed by atoms with E-state index < -0.39 is 0 Å². The summed E-state index contributed by atoms with van der Waals surface area (Å²) in [5.41, 5.74) is 28.5. The minimum Gasteiger partial charge on any atom is -0.456 e. The van der Waals surface area contributed by atoms with Crippen molar-refractivity contribution in [3.05, 3.63) is 209 Å². The molecular formula is C76H71BN2O2. The van der Waals surface area contributed by atoms with Crippen LogP contribution in [0.2, 0.25) is 0 Å². The Morgan fingerprint density at radius 3 is 1.75 bits per heavy atom. The van der Waals surface area contributed by atoms with E-state index in [0.717, 1.165) is 79.9 Å². The third-order valence-corrected chi connectivity index (χ3v) is 19.5. The van der Waals surface area contributed by atoms with Gasteiger partial charge in [-0.15, -0.1) is 0 Å². The van der Waals surface area contributed by atoms with E-state index in [1.54, 1.807) is 0 Å². The average Bonchev–Trinajstić information content (AvgIpc) is 2.34. The lowest BCUT2D eigenvalue weighted by atomic mass is 9.42. The standard InChI is InChI=1S/C76H71BN2O2/c1-44-36-48(73(5,6)7)30-33-61(44)78-63-40-56-65(81-71(46-24-18-15-19-25-46)67(56)45-22-16-14-17-23-45)42-60(63)77-69-55(38-54-50-26-20-21-27-57(50)76(12,13)68(54)70(69)78)51-37-52-53-39-58-59(75(10,11)35-34-74(58,8)9)41-64(53)80-66(52)43-62(51)79(77)49-31-28-47(29-32-49)72(2,3)4/h14-33,36-43H,34-35H2,1-13H3. The second-order valence-corrected chi connectivity index (χ2v) is 28.0. The van der Waals surface area contributed by atoms with Gasteiger partial charge in [0.15, 0.2) is 0 Å². The Balaban J connectivity index is 1.12. The van der Waals surface area contributed by atoms with Gasteiger partial charge >= 0.3 is 6.85 Å². The zero-order valence-corrected chi connectivity index (χ0v) is 49.4. The molecule has 400 valence electrons. The molecule has 81 heavy (non-hydrogen) atoms. The minimum atomic E-state index is -0.352. The SMILES string of the molecule is Cc1cc(C(C)(C)C)ccc1N1c2cc3c(-c4ccccc4)c(-c4ccccc4)oc3cc2B2c3c(cc4c(c31)C(C)(C)c1ccccc1-4)-c1cc3c(cc1N2c1ccc(C(C)(C)C)cc1)oc1cc2c(cc13)C(C)(C)CCC2(C)C. The van der Waals surface area contributed by atoms with E-state index in [2.05, 4.69) is 270 Å². The van der Waals surface area contributed by atoms with Crippen molar-refractivity contribution in [2.45, 2.75) is 130 Å². The maximum Gasteiger partial charge on any atom is 0.333 e. The fourth-order valence-corrected chi connectivity index (χ4v) is 14.9. The summed E-state index contributed by atoms with van der Waals surface area (Å²) in [4.78, 5) is 5.35. The molecule has 0 saturated heterocycles. The number of anilines is 5. The van der Waals surface area contributed by atoms with Crippen molar-refractivity contribution in [1.29, 1.82) is 0 Å². The van der Waals surface area contributed by atoms with Crippen LogP contribution in [0.3, 0.4) is 0 Å². The number of fused-ring (bicyclic) bond motifs is 13. The highest BCUT2D eigenvalue weighted by atomic mass is 16.3. The van der Waals surface area contributed by atoms with Gasteiger partial charge in [0.2, 0.25) is 0 Å². The van der Waals surface area contributed by atoms with Gasteiger partial charge in [-0.3, -0.25) is 0 Å². The number of hydrogen-bond acceptors (Lipinski definition) is 4. The number of hydrogen-bond donors (Lipinski definition) is 0. The first-order valence-corrected chi connectivity index (χ1v) is 29.5. The average molecular weight is 1060 g/mol. The second-order valence-electron chi connectivity index (χ2n) is 28.0. The summed E-state index contributed by atoms with van der Waals surface area (Å²) < 4.78 is 14.6. The van der Waals surface area contributed by atoms with E-state index >= 15 is 0 Å². The van der Waals surface area contributed by atoms with Crippen molar-refractivity contribution >= 4 is 79.1 Å². The van der Waals surface area contributed by atoms with Crippen molar-refractivity contribution in [3.63, 3.8) is 0 Å². The summed E-state index contributed by atoms with van der Waals surface area (Å²) in [5, 5.41) is 3.43. The number of rotatable bonds is 4. The summed E-state index contributed by atoms with van der Waals surface area (Å²) in [6.07, 6.45) is 2.29. The second kappa shape index (κ2) is 16.8. The normalized spacial score (nSPS) is 16.3. The maximum absolute atomic E-state index is 7.38. The van der Waals surface area contributed by atoms with Gasteiger partial charge in [-0.25, -0.2) is 0 Å². The van der Waals surface area contributed by atoms with Gasteiger partial charge in [-0.05, 0) is 168 Å². The maximum atomic E-state index is 7.38. The molecule has 4 aliphatic rings. The Morgan fingerprint density at radius 2 is 1.07 bits per heavy atom. The van der Waals surface area contributed by atoms with Crippen molar-refractivity contribution in [1.82, 2.24) is 0 Å². The molecule has 4 heterocycles. The number of benzene rings is 9. The highest BCUT2D eigenvalue weighted by Crippen LogP contribution is 2.60. The van der Waals surface area contributed by atoms with Crippen LogP contribution in [0.25, 0.3) is 77.6 Å². The van der Waals surface area contributed by atoms with Gasteiger partial charge in [-0.1, -0.05) is 192 Å². The fourth-order valence-electron chi connectivity index (χ4n) is 14.9. The lowest BCUT2D eigenvalue weighted by Gasteiger charge is -2.47. The van der Waals surface area contributed by atoms with Gasteiger partial charge in [0, 0.05) is 72.8 Å². The molecule has 0 N–H and O–H groups in total. The van der Waals surface area contributed by atoms with Crippen LogP contribution in [0.4, 0.5) is 28.4 Å². The Bertz CT molecular complexity index is 4460. The molecular weight excluding hydrogens is 984 g/mol. The number of furan rings is 2. The summed E-state index contributed by atoms with van der Waals surface area (Å²) in [7, 11) is 0. The molecule has 0 amide bonds. The molecule has 0 radical (unpaired) electrons. The van der Waals surface area contributed by atoms with Gasteiger partial charge in [0.25, 0.3) is 0 Å². The zero-order valence-electron chi connectivity index (χ0n) is 49.4. The predicted octanol–water partition coefficient (Wildman–Crippen LogP) is 19.9. The van der Waals surface area contributed by atoms with Crippen LogP contribution >= 0.6 is 0 Å². The number of aryl methyl sites for hydroxylation is 1. The van der Waals surface area contributed by atoms with Crippen LogP contribution in [0.1, 0.15) is 135 Å². The van der Waals surface area contributed by atoms with Crippen molar-refractivity contribution < 1.29 is 8.83 Å². The monoisotopic (exact) mass is 1050 g/mol. The van der Waals surface area contributed by atoms with Gasteiger partial charge in [-0.2, -0.15) is 0 Å². The first-order valence-electron chi connectivity index (χ1n) is 29.5. The molecule has 15 rings (SSSR count). The van der Waals surface area contributed by atoms with Crippen LogP contribution < -0.4 is 20.6 Å². The Kier molecular flexibility index (Phi) is 10.4. The van der Waals surface area contributed by atoms with Crippen molar-refractivity contribution in [3.8, 4) is 44.7 Å². The van der Waals surface area contributed by atoms with Gasteiger partial charge < -0.3 is 18.5 Å². The van der Waals surface area contributed by atoms with E-state index in [-0.39, 0.29) is 33.9 Å². The van der Waals surface area contributed by atoms with Crippen LogP contribution in [-0.2, 0) is 27.1 Å². The Labute approximate surface area is 478 Å². The lowest BCUT2D eigenvalue weighted by Crippen LogP contribution is -2.62. The molecule has 5 heteroatoms. The molecule has 9 aromatic carbocycles. The van der Waals surface area contributed by atoms with Gasteiger partial charge in [0.1, 0.15) is 22.5 Å². The topological polar surface area (TPSA) is 32.8 Å². The van der Waals surface area contributed by atoms with E-state index in [9.17, 15) is 0 Å². The van der Waals surface area contributed by atoms with Crippen molar-refractivity contribution in [2.75, 3.05) is 9.71 Å². The van der Waals surface area contributed by atoms with Crippen LogP contribution in [-0.4, -0.2) is 6.85 Å². The lowest BCUT2D eigenvalue weighted by molar-refractivity contribution is 0.332. The quantitative estimate of drug-likeness (QED) is 0.164. The highest BCUT2D eigenvalue weighted by Gasteiger charge is 2.51. The molecule has 0 saturated carbocycles. The van der Waals surface area contributed by atoms with E-state index in [0.29, 0.717) is 0 Å². The Morgan fingerprint density at radius 1 is 0.469 bits per heavy atom. The first-order chi connectivity index (χ1) is 38.6. The van der Waals surface area contributed by atoms with E-state index in [4.69, 9.17) is 8.83 Å². The fraction of sp³-hybridized carbons (Fsp3) is 0.263. The molecule has 4 nitrogen and oxygen atoms in total. The molecule has 2 aliphatic carbocycles. The summed E-state index contributed by atoms with van der Waals surface area (Å²) in [6.45, 7) is 30.5. The van der Waals surface area contributed by atoms with Crippen molar-refractivity contribution in [2.24, 2.45) is 0 Å². The molecule has 11 aromatic rings. The Hall–Kier alpha value is -8.02. The van der Waals surface area contributed by atoms with Crippen LogP contribution in [0.15, 0.2) is 179 Å². The predicted molar refractivity (Wildman–Crippen MR) is 343 cm³/mol. The molecule has 2 aromatic heterocycles. The first kappa shape index (κ1) is 50.0. The summed E-state index contributed by atoms with van der Waals surface area (Å²) in [6, 6.07) is 64.7. The van der Waals surface area contributed by atoms with Crippen LogP contribution in [0.5, 0.6) is 0 Å². The largest absolute Gasteiger partial charge is 0.456 e. The van der Waals surface area contributed by atoms with Gasteiger partial charge in [0.05, 0.1) is 0 Å². The molecule has 0 atom stereocenters. The van der Waals surface area contributed by atoms with E-state index in [1.807, 2.05) is 0 Å². The number of nitrogens with zero attached hydrogens (tertiary/aromatic N) is 2. The molecule has 0 bridgehead atoms. The highest BCUT2D eigenvalue weighted by molar-refractivity contribution is 6.94. The summed E-state index contributed by atoms with van der Waals surface area (Å²) >= 11 is 0. The van der Waals surface area contributed by atoms with Crippen LogP contribution in [0, 0.1) is 6.92 Å². The molecule has 0 spiro atoms.